The number of carboxylic acid groups (broad SMARTS) is 2. The van der Waals surface area contributed by atoms with E-state index in [2.05, 4.69) is 122 Å². The molecule has 4 heterocycles. The van der Waals surface area contributed by atoms with E-state index in [1.165, 1.54) is 15.3 Å². The standard InChI is InChI=1S/C32H57N5O7Si2.C11H18N2O3.C9H12IN3O4.C8H15NO4.C3H7NO2/c1-30(2,3)43-29(40)35-18-16-25(38)34-17-14-15-22-20-37(28(39)36-27(22)33)26-19-23(44-46(12,13)32(7,8)9)24(42-26)21-41-45(10,11)31(4,5)6;1-5-7-12-9(14)6-8-13-10(15)16-11(2,3)4;10-4-2-13(9(16)12-8(4)11)7-1-5(15)6(3-14)17-7;1-8(2,3)13-7(12)9-5-4-6(10)11;4-2-1-3(5)6/h20,23-24,26H,16-19,21H2,1-13H3,(H,34,38)(H,35,40)(H2,33,36,39);1H,6-8H2,2-4H3,(H,12,14)(H,13,15);2,5-7,14-15H,1,3H2,(H2,11,12,16);4-5H2,1-3H3,(H,9,12)(H,10,11);1-2,4H2,(H,5,6). The molecule has 0 spiro atoms. The third-order valence-electron chi connectivity index (χ3n) is 14.2. The molecule has 6 atom stereocenters. The first-order valence-electron chi connectivity index (χ1n) is 31.6. The maximum Gasteiger partial charge on any atom is 0.407 e. The lowest BCUT2D eigenvalue weighted by Crippen LogP contribution is -2.48. The summed E-state index contributed by atoms with van der Waals surface area (Å²) in [4.78, 5) is 109. The van der Waals surface area contributed by atoms with Crippen molar-refractivity contribution in [2.24, 2.45) is 5.73 Å². The van der Waals surface area contributed by atoms with Crippen LogP contribution in [-0.4, -0.2) is 192 Å². The Labute approximate surface area is 590 Å². The van der Waals surface area contributed by atoms with Crippen LogP contribution in [0, 0.1) is 27.8 Å². The van der Waals surface area contributed by atoms with Gasteiger partial charge in [0, 0.05) is 64.3 Å². The fourth-order valence-corrected chi connectivity index (χ4v) is 10.0. The lowest BCUT2D eigenvalue weighted by molar-refractivity contribution is -0.137. The van der Waals surface area contributed by atoms with Crippen LogP contribution in [-0.2, 0) is 51.7 Å². The van der Waals surface area contributed by atoms with Crippen LogP contribution in [0.3, 0.4) is 0 Å². The Morgan fingerprint density at radius 1 is 0.643 bits per heavy atom. The predicted molar refractivity (Wildman–Crippen MR) is 381 cm³/mol. The number of carbonyl (C=O) groups is 7. The van der Waals surface area contributed by atoms with Gasteiger partial charge in [-0.25, -0.2) is 24.0 Å². The molecule has 15 N–H and O–H groups in total. The van der Waals surface area contributed by atoms with E-state index in [0.29, 0.717) is 22.2 Å². The van der Waals surface area contributed by atoms with Gasteiger partial charge in [-0.15, -0.1) is 6.42 Å². The molecule has 0 bridgehead atoms. The van der Waals surface area contributed by atoms with Crippen molar-refractivity contribution in [3.63, 3.8) is 0 Å². The van der Waals surface area contributed by atoms with E-state index in [-0.39, 0.29) is 124 Å². The van der Waals surface area contributed by atoms with Crippen LogP contribution in [0.25, 0.3) is 0 Å². The van der Waals surface area contributed by atoms with E-state index in [4.69, 9.17) is 71.5 Å². The normalized spacial score (nSPS) is 17.6. The van der Waals surface area contributed by atoms with Crippen LogP contribution < -0.4 is 55.2 Å². The second-order valence-electron chi connectivity index (χ2n) is 28.3. The van der Waals surface area contributed by atoms with Crippen molar-refractivity contribution in [2.45, 2.75) is 232 Å². The summed E-state index contributed by atoms with van der Waals surface area (Å²) in [5.41, 5.74) is 14.0. The summed E-state index contributed by atoms with van der Waals surface area (Å²) in [6.07, 6.45) is 3.91. The molecule has 0 aliphatic carbocycles. The molecule has 2 aliphatic rings. The number of aliphatic carboxylic acids is 2. The van der Waals surface area contributed by atoms with E-state index in [0.717, 1.165) is 0 Å². The van der Waals surface area contributed by atoms with E-state index < -0.39 is 99.7 Å². The molecule has 2 saturated heterocycles. The van der Waals surface area contributed by atoms with Gasteiger partial charge in [0.05, 0.1) is 60.5 Å². The molecule has 32 nitrogen and oxygen atoms in total. The Hall–Kier alpha value is -6.95. The molecule has 556 valence electrons. The van der Waals surface area contributed by atoms with Gasteiger partial charge < -0.3 is 96.7 Å². The van der Waals surface area contributed by atoms with Crippen molar-refractivity contribution in [2.75, 3.05) is 63.9 Å². The zero-order chi connectivity index (χ0) is 76.0. The number of nitrogens with one attached hydrogen (secondary N) is 5. The monoisotopic (exact) mass is 1540 g/mol. The number of aromatic nitrogens is 4. The second kappa shape index (κ2) is 41.6. The molecule has 0 aromatic carbocycles. The van der Waals surface area contributed by atoms with Gasteiger partial charge in [0.25, 0.3) is 0 Å². The number of hydrogen-bond acceptors (Lipinski definition) is 23. The highest BCUT2D eigenvalue weighted by atomic mass is 127. The average Bonchev–Trinajstić information content (AvgIpc) is 1.62. The highest BCUT2D eigenvalue weighted by Crippen LogP contribution is 2.42. The fraction of sp³-hybridized carbons (Fsp3) is 0.698. The van der Waals surface area contributed by atoms with E-state index >= 15 is 0 Å². The molecule has 0 saturated carbocycles. The maximum absolute atomic E-state index is 13.0. The number of nitrogen functional groups attached to an aromatic ring is 2. The van der Waals surface area contributed by atoms with Crippen LogP contribution in [0.2, 0.25) is 36.3 Å². The fourth-order valence-electron chi connectivity index (χ4n) is 7.21. The number of aliphatic hydroxyl groups is 2. The molecule has 2 aliphatic heterocycles. The van der Waals surface area contributed by atoms with Crippen molar-refractivity contribution in [1.82, 2.24) is 45.7 Å². The maximum atomic E-state index is 13.0. The molecule has 98 heavy (non-hydrogen) atoms. The van der Waals surface area contributed by atoms with Crippen LogP contribution in [0.5, 0.6) is 0 Å². The molecule has 2 aromatic heterocycles. The quantitative estimate of drug-likeness (QED) is 0.0337. The number of alkyl carbamates (subject to hydrolysis) is 3. The summed E-state index contributed by atoms with van der Waals surface area (Å²) in [5, 5.41) is 47.2. The number of halogens is 1. The van der Waals surface area contributed by atoms with Crippen molar-refractivity contribution in [3.8, 4) is 24.2 Å². The summed E-state index contributed by atoms with van der Waals surface area (Å²) in [5.74, 6) is 5.93. The van der Waals surface area contributed by atoms with Crippen LogP contribution >= 0.6 is 22.6 Å². The molecule has 5 amide bonds. The van der Waals surface area contributed by atoms with Crippen molar-refractivity contribution < 1.29 is 86.5 Å². The number of nitrogens with two attached hydrogens (primary N) is 3. The average molecular weight is 1540 g/mol. The third-order valence-corrected chi connectivity index (χ3v) is 24.0. The van der Waals surface area contributed by atoms with Gasteiger partial charge in [-0.1, -0.05) is 59.3 Å². The highest BCUT2D eigenvalue weighted by Gasteiger charge is 2.47. The van der Waals surface area contributed by atoms with Crippen molar-refractivity contribution in [1.29, 1.82) is 0 Å². The molecular formula is C63H109IN12O20Si2. The lowest BCUT2D eigenvalue weighted by Gasteiger charge is -2.40. The summed E-state index contributed by atoms with van der Waals surface area (Å²) in [6, 6.07) is 0. The minimum atomic E-state index is -2.17. The zero-order valence-electron chi connectivity index (χ0n) is 60.3. The number of aliphatic hydroxyl groups excluding tert-OH is 2. The third kappa shape index (κ3) is 37.9. The van der Waals surface area contributed by atoms with E-state index in [1.807, 2.05) is 22.6 Å². The number of hydrogen-bond donors (Lipinski definition) is 12. The Bertz CT molecular complexity index is 3150. The van der Waals surface area contributed by atoms with Crippen LogP contribution in [0.15, 0.2) is 22.0 Å². The molecule has 35 heteroatoms. The van der Waals surface area contributed by atoms with Gasteiger partial charge in [0.15, 0.2) is 16.6 Å². The minimum Gasteiger partial charge on any atom is -0.481 e. The number of carbonyl (C=O) groups excluding carboxylic acids is 5. The van der Waals surface area contributed by atoms with Gasteiger partial charge >= 0.3 is 41.6 Å². The van der Waals surface area contributed by atoms with Crippen LogP contribution in [0.1, 0.15) is 160 Å². The Kier molecular flexibility index (Phi) is 38.6. The number of nitrogens with zero attached hydrogens (tertiary/aromatic N) is 4. The van der Waals surface area contributed by atoms with Crippen molar-refractivity contribution in [3.05, 3.63) is 42.5 Å². The van der Waals surface area contributed by atoms with Gasteiger partial charge in [0.2, 0.25) is 11.8 Å². The summed E-state index contributed by atoms with van der Waals surface area (Å²) < 4.78 is 43.5. The lowest BCUT2D eigenvalue weighted by atomic mass is 10.2. The molecule has 2 aromatic rings. The minimum absolute atomic E-state index is 0.00785. The van der Waals surface area contributed by atoms with Crippen molar-refractivity contribution >= 4 is 92.9 Å². The molecule has 2 fully saturated rings. The highest BCUT2D eigenvalue weighted by molar-refractivity contribution is 14.1. The Balaban J connectivity index is 0.00000146. The number of anilines is 2. The molecule has 0 radical (unpaired) electrons. The number of rotatable bonds is 21. The largest absolute Gasteiger partial charge is 0.481 e. The number of ether oxygens (including phenoxy) is 5. The molecular weight excluding hydrogens is 1430 g/mol. The first-order chi connectivity index (χ1) is 44.8. The van der Waals surface area contributed by atoms with Crippen LogP contribution in [0.4, 0.5) is 26.0 Å². The van der Waals surface area contributed by atoms with E-state index in [1.54, 1.807) is 68.5 Å². The molecule has 4 rings (SSSR count). The Morgan fingerprint density at radius 2 is 1.06 bits per heavy atom. The Morgan fingerprint density at radius 3 is 1.46 bits per heavy atom. The first kappa shape index (κ1) is 91.1. The number of carboxylic acids is 2. The second-order valence-corrected chi connectivity index (χ2v) is 39.0. The number of terminal acetylenes is 1. The predicted octanol–water partition coefficient (Wildman–Crippen LogP) is 5.03. The smallest absolute Gasteiger partial charge is 0.407 e. The summed E-state index contributed by atoms with van der Waals surface area (Å²) >= 11 is 1.96. The summed E-state index contributed by atoms with van der Waals surface area (Å²) in [7, 11) is -4.24. The summed E-state index contributed by atoms with van der Waals surface area (Å²) in [6.45, 7) is 38.8. The van der Waals surface area contributed by atoms with Gasteiger partial charge in [0.1, 0.15) is 53.1 Å². The zero-order valence-corrected chi connectivity index (χ0v) is 64.5. The van der Waals surface area contributed by atoms with E-state index in [9.17, 15) is 48.3 Å². The number of amides is 5. The van der Waals surface area contributed by atoms with Gasteiger partial charge in [-0.05, 0) is 121 Å². The molecule has 6 unspecified atom stereocenters. The SMILES string of the molecule is C#CCNC(=O)CCNC(=O)OC(C)(C)C.CC(C)(C)OC(=O)NCCC(=O)NCC#Cc1cn(C2CC(O[Si](C)(C)C(C)(C)C)C(CO[Si](C)(C)C(C)(C)C)O2)c(=O)nc1N.CC(C)(C)OC(=O)NCCC(=O)O.NCCC(=O)O.Nc1nc(=O)n(C2CC(O)C(CO)O2)cc1I. The van der Waals surface area contributed by atoms with Gasteiger partial charge in [-0.2, -0.15) is 9.97 Å². The first-order valence-corrected chi connectivity index (χ1v) is 38.5. The van der Waals surface area contributed by atoms with Gasteiger partial charge in [-0.3, -0.25) is 28.3 Å². The topological polar surface area (TPSA) is 473 Å².